The number of hydrogen-bond donors (Lipinski definition) is 2. The normalized spacial score (nSPS) is 16.9. The van der Waals surface area contributed by atoms with Crippen LogP contribution in [0.1, 0.15) is 34.7 Å². The van der Waals surface area contributed by atoms with Gasteiger partial charge in [-0.1, -0.05) is 79.4 Å². The zero-order chi connectivity index (χ0) is 20.3. The van der Waals surface area contributed by atoms with Crippen molar-refractivity contribution >= 4 is 16.5 Å². The van der Waals surface area contributed by atoms with Crippen LogP contribution in [0.5, 0.6) is 0 Å². The highest BCUT2D eigenvalue weighted by atomic mass is 14.9. The van der Waals surface area contributed by atoms with Gasteiger partial charge in [0.2, 0.25) is 0 Å². The van der Waals surface area contributed by atoms with Gasteiger partial charge in [0.1, 0.15) is 0 Å². The first-order valence-corrected chi connectivity index (χ1v) is 10.9. The lowest BCUT2D eigenvalue weighted by Crippen LogP contribution is -2.31. The third-order valence-electron chi connectivity index (χ3n) is 6.48. The lowest BCUT2D eigenvalue weighted by atomic mass is 9.83. The number of hydrogen-bond acceptors (Lipinski definition) is 1. The van der Waals surface area contributed by atoms with Gasteiger partial charge in [0, 0.05) is 22.7 Å². The summed E-state index contributed by atoms with van der Waals surface area (Å²) >= 11 is 0. The van der Waals surface area contributed by atoms with Gasteiger partial charge in [0.25, 0.3) is 0 Å². The van der Waals surface area contributed by atoms with Gasteiger partial charge in [-0.05, 0) is 60.1 Å². The molecule has 1 aliphatic carbocycles. The van der Waals surface area contributed by atoms with E-state index >= 15 is 0 Å². The Kier molecular flexibility index (Phi) is 5.25. The average molecular weight is 393 g/mol. The Morgan fingerprint density at radius 1 is 0.933 bits per heavy atom. The molecule has 2 atom stereocenters. The van der Waals surface area contributed by atoms with E-state index in [4.69, 9.17) is 0 Å². The van der Waals surface area contributed by atoms with E-state index in [1.165, 1.54) is 40.5 Å². The third-order valence-corrected chi connectivity index (χ3v) is 6.48. The molecule has 1 heterocycles. The fourth-order valence-electron chi connectivity index (χ4n) is 4.81. The van der Waals surface area contributed by atoms with Gasteiger partial charge in [-0.2, -0.15) is 0 Å². The monoisotopic (exact) mass is 392 g/mol. The summed E-state index contributed by atoms with van der Waals surface area (Å²) < 4.78 is 0. The van der Waals surface area contributed by atoms with Crippen LogP contribution in [-0.4, -0.2) is 11.5 Å². The number of aromatic nitrogens is 1. The molecule has 2 unspecified atom stereocenters. The molecule has 30 heavy (non-hydrogen) atoms. The molecule has 150 valence electrons. The van der Waals surface area contributed by atoms with Crippen molar-refractivity contribution in [3.63, 3.8) is 0 Å². The van der Waals surface area contributed by atoms with Crippen LogP contribution in [-0.2, 0) is 12.8 Å². The Balaban J connectivity index is 1.39. The standard InChI is InChI=1S/C28H28N2/c1-20(26-19-29-27-14-8-7-13-25(26)27)28(23-10-3-2-4-11-23)30-18-21-15-16-22-9-5-6-12-24(22)17-21/h2-14,19,21,28-30H,1,15-18H2. The molecule has 4 aromatic rings. The summed E-state index contributed by atoms with van der Waals surface area (Å²) in [7, 11) is 0. The summed E-state index contributed by atoms with van der Waals surface area (Å²) in [4.78, 5) is 3.40. The van der Waals surface area contributed by atoms with Gasteiger partial charge in [-0.25, -0.2) is 0 Å². The highest BCUT2D eigenvalue weighted by Gasteiger charge is 2.22. The summed E-state index contributed by atoms with van der Waals surface area (Å²) in [5, 5.41) is 5.11. The molecule has 0 saturated carbocycles. The van der Waals surface area contributed by atoms with Crippen LogP contribution >= 0.6 is 0 Å². The number of rotatable bonds is 6. The molecule has 0 saturated heterocycles. The molecule has 0 radical (unpaired) electrons. The highest BCUT2D eigenvalue weighted by molar-refractivity contribution is 5.93. The molecule has 2 heteroatoms. The second kappa shape index (κ2) is 8.33. The van der Waals surface area contributed by atoms with Crippen LogP contribution in [0, 0.1) is 5.92 Å². The van der Waals surface area contributed by atoms with E-state index in [9.17, 15) is 0 Å². The molecule has 1 aliphatic rings. The van der Waals surface area contributed by atoms with Gasteiger partial charge in [0.05, 0.1) is 6.04 Å². The second-order valence-corrected chi connectivity index (χ2v) is 8.40. The molecular formula is C28H28N2. The molecule has 0 amide bonds. The Morgan fingerprint density at radius 2 is 1.67 bits per heavy atom. The summed E-state index contributed by atoms with van der Waals surface area (Å²) in [5.74, 6) is 0.655. The van der Waals surface area contributed by atoms with Crippen molar-refractivity contribution in [2.24, 2.45) is 5.92 Å². The molecular weight excluding hydrogens is 364 g/mol. The topological polar surface area (TPSA) is 27.8 Å². The molecule has 0 spiro atoms. The zero-order valence-corrected chi connectivity index (χ0v) is 17.3. The first kappa shape index (κ1) is 18.9. The summed E-state index contributed by atoms with van der Waals surface area (Å²) in [5.41, 5.74) is 7.78. The maximum atomic E-state index is 4.54. The van der Waals surface area contributed by atoms with Crippen molar-refractivity contribution in [3.8, 4) is 0 Å². The maximum absolute atomic E-state index is 4.54. The lowest BCUT2D eigenvalue weighted by Gasteiger charge is -2.28. The number of fused-ring (bicyclic) bond motifs is 2. The van der Waals surface area contributed by atoms with Crippen molar-refractivity contribution in [1.29, 1.82) is 0 Å². The van der Waals surface area contributed by atoms with Crippen LogP contribution in [0.3, 0.4) is 0 Å². The SMILES string of the molecule is C=C(c1c[nH]c2ccccc12)C(NCC1CCc2ccccc2C1)c1ccccc1. The molecule has 3 aromatic carbocycles. The number of aromatic amines is 1. The highest BCUT2D eigenvalue weighted by Crippen LogP contribution is 2.34. The Labute approximate surface area is 178 Å². The minimum atomic E-state index is 0.0996. The maximum Gasteiger partial charge on any atom is 0.0577 e. The van der Waals surface area contributed by atoms with Crippen molar-refractivity contribution in [2.45, 2.75) is 25.3 Å². The smallest absolute Gasteiger partial charge is 0.0577 e. The van der Waals surface area contributed by atoms with E-state index in [1.807, 2.05) is 0 Å². The molecule has 0 aliphatic heterocycles. The van der Waals surface area contributed by atoms with Crippen molar-refractivity contribution in [3.05, 3.63) is 114 Å². The molecule has 2 N–H and O–H groups in total. The fraction of sp³-hybridized carbons (Fsp3) is 0.214. The summed E-state index contributed by atoms with van der Waals surface area (Å²) in [6, 6.07) is 28.2. The molecule has 2 nitrogen and oxygen atoms in total. The van der Waals surface area contributed by atoms with Crippen molar-refractivity contribution in [2.75, 3.05) is 6.54 Å². The largest absolute Gasteiger partial charge is 0.361 e. The van der Waals surface area contributed by atoms with Gasteiger partial charge < -0.3 is 10.3 Å². The number of para-hydroxylation sites is 1. The first-order valence-electron chi connectivity index (χ1n) is 10.9. The van der Waals surface area contributed by atoms with Gasteiger partial charge in [0.15, 0.2) is 0 Å². The second-order valence-electron chi connectivity index (χ2n) is 8.40. The third kappa shape index (κ3) is 3.71. The fourth-order valence-corrected chi connectivity index (χ4v) is 4.81. The first-order chi connectivity index (χ1) is 14.8. The number of benzene rings is 3. The number of nitrogens with one attached hydrogen (secondary N) is 2. The van der Waals surface area contributed by atoms with E-state index in [-0.39, 0.29) is 6.04 Å². The Hall–Kier alpha value is -3.10. The van der Waals surface area contributed by atoms with Crippen molar-refractivity contribution < 1.29 is 0 Å². The van der Waals surface area contributed by atoms with E-state index in [2.05, 4.69) is 102 Å². The molecule has 1 aromatic heterocycles. The molecule has 5 rings (SSSR count). The summed E-state index contributed by atoms with van der Waals surface area (Å²) in [6.45, 7) is 5.54. The van der Waals surface area contributed by atoms with Gasteiger partial charge in [-0.15, -0.1) is 0 Å². The van der Waals surface area contributed by atoms with Crippen LogP contribution in [0.25, 0.3) is 16.5 Å². The lowest BCUT2D eigenvalue weighted by molar-refractivity contribution is 0.414. The van der Waals surface area contributed by atoms with Crippen molar-refractivity contribution in [1.82, 2.24) is 10.3 Å². The van der Waals surface area contributed by atoms with Crippen LogP contribution in [0.4, 0.5) is 0 Å². The quantitative estimate of drug-likeness (QED) is 0.395. The molecule has 0 bridgehead atoms. The van der Waals surface area contributed by atoms with E-state index in [0.29, 0.717) is 5.92 Å². The van der Waals surface area contributed by atoms with Crippen LogP contribution in [0.15, 0.2) is 91.6 Å². The minimum absolute atomic E-state index is 0.0996. The van der Waals surface area contributed by atoms with Gasteiger partial charge >= 0.3 is 0 Å². The predicted octanol–water partition coefficient (Wildman–Crippen LogP) is 6.32. The van der Waals surface area contributed by atoms with E-state index in [0.717, 1.165) is 24.1 Å². The minimum Gasteiger partial charge on any atom is -0.361 e. The van der Waals surface area contributed by atoms with Gasteiger partial charge in [-0.3, -0.25) is 0 Å². The predicted molar refractivity (Wildman–Crippen MR) is 126 cm³/mol. The zero-order valence-electron chi connectivity index (χ0n) is 17.3. The average Bonchev–Trinajstić information content (AvgIpc) is 3.24. The molecule has 0 fully saturated rings. The Bertz CT molecular complexity index is 1160. The van der Waals surface area contributed by atoms with Crippen LogP contribution < -0.4 is 5.32 Å². The van der Waals surface area contributed by atoms with E-state index < -0.39 is 0 Å². The number of aryl methyl sites for hydroxylation is 1. The Morgan fingerprint density at radius 3 is 2.53 bits per heavy atom. The van der Waals surface area contributed by atoms with E-state index in [1.54, 1.807) is 0 Å². The summed E-state index contributed by atoms with van der Waals surface area (Å²) in [6.07, 6.45) is 5.68. The van der Waals surface area contributed by atoms with Crippen LogP contribution in [0.2, 0.25) is 0 Å². The number of H-pyrrole nitrogens is 1.